The first-order valence-corrected chi connectivity index (χ1v) is 4.46. The van der Waals surface area contributed by atoms with Crippen molar-refractivity contribution in [3.05, 3.63) is 0 Å². The van der Waals surface area contributed by atoms with Gasteiger partial charge in [-0.3, -0.25) is 0 Å². The van der Waals surface area contributed by atoms with E-state index in [0.29, 0.717) is 6.04 Å². The summed E-state index contributed by atoms with van der Waals surface area (Å²) in [5, 5.41) is 3.44. The molecule has 0 aromatic carbocycles. The van der Waals surface area contributed by atoms with Crippen molar-refractivity contribution >= 4 is 0 Å². The Morgan fingerprint density at radius 2 is 2.27 bits per heavy atom. The Balaban J connectivity index is 2.32. The lowest BCUT2D eigenvalue weighted by Crippen LogP contribution is -2.37. The first-order valence-electron chi connectivity index (χ1n) is 4.46. The van der Waals surface area contributed by atoms with E-state index in [1.807, 2.05) is 6.92 Å². The van der Waals surface area contributed by atoms with Gasteiger partial charge in [0, 0.05) is 6.04 Å². The van der Waals surface area contributed by atoms with Gasteiger partial charge in [0.05, 0.1) is 6.04 Å². The van der Waals surface area contributed by atoms with E-state index in [0.717, 1.165) is 5.92 Å². The molecule has 1 fully saturated rings. The molecule has 0 bridgehead atoms. The molecule has 1 aliphatic rings. The zero-order chi connectivity index (χ0) is 8.27. The molecule has 0 amide bonds. The quantitative estimate of drug-likeness (QED) is 0.593. The van der Waals surface area contributed by atoms with E-state index in [1.54, 1.807) is 0 Å². The number of hydrogen-bond donors (Lipinski definition) is 1. The minimum absolute atomic E-state index is 0.237. The Morgan fingerprint density at radius 3 is 2.73 bits per heavy atom. The van der Waals surface area contributed by atoms with Crippen molar-refractivity contribution in [2.45, 2.75) is 45.2 Å². The molecule has 0 radical (unpaired) electrons. The molecule has 1 aliphatic carbocycles. The third kappa shape index (κ3) is 2.24. The third-order valence-corrected chi connectivity index (χ3v) is 2.58. The molecule has 1 saturated carbocycles. The van der Waals surface area contributed by atoms with E-state index in [-0.39, 0.29) is 6.04 Å². The Kier molecular flexibility index (Phi) is 2.96. The van der Waals surface area contributed by atoms with Gasteiger partial charge in [-0.2, -0.15) is 0 Å². The van der Waals surface area contributed by atoms with Crippen molar-refractivity contribution < 1.29 is 0 Å². The average molecular weight is 151 g/mol. The summed E-state index contributed by atoms with van der Waals surface area (Å²) in [5.41, 5.74) is 0. The number of nitrogens with one attached hydrogen (secondary N) is 1. The second-order valence-corrected chi connectivity index (χ2v) is 3.57. The van der Waals surface area contributed by atoms with E-state index in [1.165, 1.54) is 19.3 Å². The first kappa shape index (κ1) is 8.62. The zero-order valence-electron chi connectivity index (χ0n) is 7.43. The van der Waals surface area contributed by atoms with Crippen molar-refractivity contribution in [1.82, 2.24) is 5.32 Å². The highest BCUT2D eigenvalue weighted by Gasteiger charge is 2.23. The summed E-state index contributed by atoms with van der Waals surface area (Å²) in [6.45, 7) is 4.35. The predicted octanol–water partition coefficient (Wildman–Crippen LogP) is 1.79. The highest BCUT2D eigenvalue weighted by Crippen LogP contribution is 2.24. The maximum absolute atomic E-state index is 5.28. The molecule has 1 nitrogen and oxygen atoms in total. The summed E-state index contributed by atoms with van der Waals surface area (Å²) < 4.78 is 0. The topological polar surface area (TPSA) is 12.0 Å². The van der Waals surface area contributed by atoms with Crippen LogP contribution in [0.25, 0.3) is 0 Å². The third-order valence-electron chi connectivity index (χ3n) is 2.58. The fourth-order valence-corrected chi connectivity index (χ4v) is 1.76. The minimum Gasteiger partial charge on any atom is -0.301 e. The fraction of sp³-hybridized carbons (Fsp3) is 0.800. The summed E-state index contributed by atoms with van der Waals surface area (Å²) in [7, 11) is 0. The largest absolute Gasteiger partial charge is 0.301 e. The molecule has 62 valence electrons. The van der Waals surface area contributed by atoms with Crippen molar-refractivity contribution in [3.8, 4) is 12.3 Å². The fourth-order valence-electron chi connectivity index (χ4n) is 1.76. The van der Waals surface area contributed by atoms with Gasteiger partial charge < -0.3 is 5.32 Å². The van der Waals surface area contributed by atoms with Gasteiger partial charge in [-0.1, -0.05) is 19.3 Å². The van der Waals surface area contributed by atoms with Gasteiger partial charge in [0.1, 0.15) is 0 Å². The van der Waals surface area contributed by atoms with Crippen molar-refractivity contribution in [2.75, 3.05) is 0 Å². The van der Waals surface area contributed by atoms with E-state index < -0.39 is 0 Å². The first-order chi connectivity index (χ1) is 5.24. The normalized spacial score (nSPS) is 33.2. The SMILES string of the molecule is C#CC(C)NC1CCCC1C. The van der Waals surface area contributed by atoms with E-state index in [2.05, 4.69) is 18.2 Å². The van der Waals surface area contributed by atoms with E-state index in [4.69, 9.17) is 6.42 Å². The van der Waals surface area contributed by atoms with Gasteiger partial charge >= 0.3 is 0 Å². The van der Waals surface area contributed by atoms with Crippen LogP contribution in [0.1, 0.15) is 33.1 Å². The van der Waals surface area contributed by atoms with Crippen LogP contribution in [0, 0.1) is 18.3 Å². The molecule has 0 aromatic rings. The van der Waals surface area contributed by atoms with Crippen LogP contribution >= 0.6 is 0 Å². The van der Waals surface area contributed by atoms with Crippen molar-refractivity contribution in [1.29, 1.82) is 0 Å². The monoisotopic (exact) mass is 151 g/mol. The molecule has 1 heteroatoms. The molecule has 3 unspecified atom stereocenters. The Hall–Kier alpha value is -0.480. The van der Waals surface area contributed by atoms with E-state index >= 15 is 0 Å². The lowest BCUT2D eigenvalue weighted by atomic mass is 10.1. The van der Waals surface area contributed by atoms with Crippen LogP contribution in [0.15, 0.2) is 0 Å². The maximum atomic E-state index is 5.28. The molecule has 1 N–H and O–H groups in total. The smallest absolute Gasteiger partial charge is 0.0660 e. The van der Waals surface area contributed by atoms with Crippen molar-refractivity contribution in [2.24, 2.45) is 5.92 Å². The molecular formula is C10H17N. The molecule has 11 heavy (non-hydrogen) atoms. The molecular weight excluding hydrogens is 134 g/mol. The van der Waals surface area contributed by atoms with Crippen LogP contribution in [-0.2, 0) is 0 Å². The van der Waals surface area contributed by atoms with E-state index in [9.17, 15) is 0 Å². The van der Waals surface area contributed by atoms with Gasteiger partial charge in [0.2, 0.25) is 0 Å². The summed E-state index contributed by atoms with van der Waals surface area (Å²) in [5.74, 6) is 3.51. The Labute approximate surface area is 69.6 Å². The molecule has 0 heterocycles. The van der Waals surface area contributed by atoms with Gasteiger partial charge in [0.15, 0.2) is 0 Å². The minimum atomic E-state index is 0.237. The second-order valence-electron chi connectivity index (χ2n) is 3.57. The van der Waals surface area contributed by atoms with Crippen LogP contribution < -0.4 is 5.32 Å². The molecule has 0 aliphatic heterocycles. The zero-order valence-corrected chi connectivity index (χ0v) is 7.43. The lowest BCUT2D eigenvalue weighted by Gasteiger charge is -2.19. The molecule has 1 rings (SSSR count). The van der Waals surface area contributed by atoms with Gasteiger partial charge in [-0.05, 0) is 25.7 Å². The number of terminal acetylenes is 1. The Morgan fingerprint density at radius 1 is 1.55 bits per heavy atom. The number of rotatable bonds is 2. The Bertz CT molecular complexity index is 157. The van der Waals surface area contributed by atoms with Crippen LogP contribution in [0.4, 0.5) is 0 Å². The summed E-state index contributed by atoms with van der Waals surface area (Å²) in [4.78, 5) is 0. The standard InChI is InChI=1S/C10H17N/c1-4-9(3)11-10-7-5-6-8(10)2/h1,8-11H,5-7H2,2-3H3. The van der Waals surface area contributed by atoms with Gasteiger partial charge in [-0.15, -0.1) is 6.42 Å². The highest BCUT2D eigenvalue weighted by molar-refractivity contribution is 4.98. The van der Waals surface area contributed by atoms with Crippen LogP contribution in [0.2, 0.25) is 0 Å². The molecule has 3 atom stereocenters. The van der Waals surface area contributed by atoms with Crippen LogP contribution in [0.5, 0.6) is 0 Å². The van der Waals surface area contributed by atoms with Crippen LogP contribution in [0.3, 0.4) is 0 Å². The van der Waals surface area contributed by atoms with Crippen LogP contribution in [-0.4, -0.2) is 12.1 Å². The predicted molar refractivity (Wildman–Crippen MR) is 48.2 cm³/mol. The number of hydrogen-bond acceptors (Lipinski definition) is 1. The molecule has 0 spiro atoms. The summed E-state index contributed by atoms with van der Waals surface area (Å²) in [6.07, 6.45) is 9.30. The second kappa shape index (κ2) is 3.78. The highest BCUT2D eigenvalue weighted by atomic mass is 14.9. The summed E-state index contributed by atoms with van der Waals surface area (Å²) in [6, 6.07) is 0.904. The summed E-state index contributed by atoms with van der Waals surface area (Å²) >= 11 is 0. The lowest BCUT2D eigenvalue weighted by molar-refractivity contribution is 0.414. The molecule has 0 aromatic heterocycles. The van der Waals surface area contributed by atoms with Crippen molar-refractivity contribution in [3.63, 3.8) is 0 Å². The maximum Gasteiger partial charge on any atom is 0.0660 e. The average Bonchev–Trinajstić information content (AvgIpc) is 2.37. The van der Waals surface area contributed by atoms with Gasteiger partial charge in [-0.25, -0.2) is 0 Å². The molecule has 0 saturated heterocycles. The van der Waals surface area contributed by atoms with Gasteiger partial charge in [0.25, 0.3) is 0 Å².